The number of phosphoric ester groups is 1. The van der Waals surface area contributed by atoms with Crippen LogP contribution in [0.3, 0.4) is 0 Å². The predicted octanol–water partition coefficient (Wildman–Crippen LogP) is 2.62. The van der Waals surface area contributed by atoms with E-state index in [-0.39, 0.29) is 12.3 Å². The Hall–Kier alpha value is -1.81. The third-order valence-electron chi connectivity index (χ3n) is 4.24. The molecule has 11 heteroatoms. The number of nitro groups is 1. The maximum absolute atomic E-state index is 11.7. The molecule has 142 valence electrons. The Labute approximate surface area is 149 Å². The number of non-ortho nitro benzene ring substituents is 1. The Morgan fingerprint density at radius 3 is 2.85 bits per heavy atom. The number of nitro benzene ring substituents is 1. The summed E-state index contributed by atoms with van der Waals surface area (Å²) in [5.74, 6) is 0. The zero-order valence-electron chi connectivity index (χ0n) is 14.2. The van der Waals surface area contributed by atoms with E-state index in [0.29, 0.717) is 11.8 Å². The Balaban J connectivity index is 1.86. The van der Waals surface area contributed by atoms with Crippen LogP contribution in [0.15, 0.2) is 30.5 Å². The molecule has 1 fully saturated rings. The fraction of sp³-hybridized carbons (Fsp3) is 0.467. The third kappa shape index (κ3) is 3.80. The molecule has 10 nitrogen and oxygen atoms in total. The zero-order chi connectivity index (χ0) is 18.9. The van der Waals surface area contributed by atoms with E-state index in [1.807, 2.05) is 0 Å². The summed E-state index contributed by atoms with van der Waals surface area (Å²) in [6.45, 7) is 0.176. The van der Waals surface area contributed by atoms with Crippen LogP contribution in [-0.4, -0.2) is 47.4 Å². The molecule has 1 saturated heterocycles. The van der Waals surface area contributed by atoms with Crippen molar-refractivity contribution >= 4 is 24.4 Å². The maximum Gasteiger partial charge on any atom is 0.472 e. The van der Waals surface area contributed by atoms with Crippen LogP contribution in [0.25, 0.3) is 10.9 Å². The molecule has 1 unspecified atom stereocenters. The van der Waals surface area contributed by atoms with E-state index in [1.165, 1.54) is 19.2 Å². The number of rotatable bonds is 7. The second kappa shape index (κ2) is 7.43. The lowest BCUT2D eigenvalue weighted by atomic mass is 10.2. The number of aromatic nitrogens is 1. The molecular weight excluding hydrogens is 367 g/mol. The van der Waals surface area contributed by atoms with Crippen molar-refractivity contribution in [2.24, 2.45) is 0 Å². The SMILES string of the molecule is COC[C@H]1O[C@@H](n2ccc3cc([N+](=O)[O-])ccc32)C[C@H]1OP(=O)(O)OC. The van der Waals surface area contributed by atoms with Gasteiger partial charge in [0.25, 0.3) is 5.69 Å². The molecule has 1 aromatic heterocycles. The van der Waals surface area contributed by atoms with Crippen molar-refractivity contribution < 1.29 is 32.9 Å². The van der Waals surface area contributed by atoms with Crippen LogP contribution in [0.4, 0.5) is 5.69 Å². The quantitative estimate of drug-likeness (QED) is 0.438. The Morgan fingerprint density at radius 1 is 1.42 bits per heavy atom. The molecule has 3 rings (SSSR count). The molecule has 0 bridgehead atoms. The van der Waals surface area contributed by atoms with Gasteiger partial charge in [-0.1, -0.05) is 0 Å². The molecule has 1 N–H and O–H groups in total. The fourth-order valence-corrected chi connectivity index (χ4v) is 3.68. The first-order valence-corrected chi connectivity index (χ1v) is 9.30. The summed E-state index contributed by atoms with van der Waals surface area (Å²) in [7, 11) is -1.59. The van der Waals surface area contributed by atoms with Crippen molar-refractivity contribution in [3.63, 3.8) is 0 Å². The molecule has 2 heterocycles. The normalized spacial score (nSPS) is 25.4. The summed E-state index contributed by atoms with van der Waals surface area (Å²) in [4.78, 5) is 20.0. The monoisotopic (exact) mass is 386 g/mol. The van der Waals surface area contributed by atoms with Crippen molar-refractivity contribution in [3.8, 4) is 0 Å². The highest BCUT2D eigenvalue weighted by Crippen LogP contribution is 2.47. The van der Waals surface area contributed by atoms with Crippen molar-refractivity contribution in [2.45, 2.75) is 24.9 Å². The first-order chi connectivity index (χ1) is 12.3. The molecule has 1 aliphatic rings. The molecular formula is C15H19N2O8P. The van der Waals surface area contributed by atoms with Crippen LogP contribution in [0.2, 0.25) is 0 Å². The standard InChI is InChI=1S/C15H19N2O8P/c1-22-9-14-13(25-26(20,21)23-2)8-15(24-14)16-6-5-10-7-11(17(18)19)3-4-12(10)16/h3-7,13-15H,8-9H2,1-2H3,(H,20,21)/t13-,14-,15-/m1/s1. The molecule has 1 aromatic carbocycles. The van der Waals surface area contributed by atoms with Gasteiger partial charge in [0.1, 0.15) is 18.4 Å². The fourth-order valence-electron chi connectivity index (χ4n) is 3.03. The van der Waals surface area contributed by atoms with E-state index in [0.717, 1.165) is 12.6 Å². The molecule has 0 saturated carbocycles. The third-order valence-corrected chi connectivity index (χ3v) is 5.23. The highest BCUT2D eigenvalue weighted by Gasteiger charge is 2.41. The number of fused-ring (bicyclic) bond motifs is 1. The number of nitrogens with zero attached hydrogens (tertiary/aromatic N) is 2. The zero-order valence-corrected chi connectivity index (χ0v) is 15.1. The van der Waals surface area contributed by atoms with Crippen LogP contribution in [0.5, 0.6) is 0 Å². The topological polar surface area (TPSA) is 122 Å². The highest BCUT2D eigenvalue weighted by molar-refractivity contribution is 7.47. The molecule has 1 aliphatic heterocycles. The van der Waals surface area contributed by atoms with Crippen LogP contribution >= 0.6 is 7.82 Å². The lowest BCUT2D eigenvalue weighted by molar-refractivity contribution is -0.384. The van der Waals surface area contributed by atoms with Gasteiger partial charge in [-0.2, -0.15) is 0 Å². The second-order valence-corrected chi connectivity index (χ2v) is 7.35. The maximum atomic E-state index is 11.7. The van der Waals surface area contributed by atoms with Crippen LogP contribution in [0.1, 0.15) is 12.6 Å². The Kier molecular flexibility index (Phi) is 5.42. The average Bonchev–Trinajstić information content (AvgIpc) is 3.18. The summed E-state index contributed by atoms with van der Waals surface area (Å²) < 4.78 is 34.2. The van der Waals surface area contributed by atoms with Gasteiger partial charge < -0.3 is 18.9 Å². The molecule has 26 heavy (non-hydrogen) atoms. The lowest BCUT2D eigenvalue weighted by Gasteiger charge is -2.19. The number of phosphoric acid groups is 1. The van der Waals surface area contributed by atoms with E-state index in [1.54, 1.807) is 22.9 Å². The molecule has 0 aliphatic carbocycles. The van der Waals surface area contributed by atoms with E-state index in [2.05, 4.69) is 4.52 Å². The summed E-state index contributed by atoms with van der Waals surface area (Å²) in [6, 6.07) is 6.29. The van der Waals surface area contributed by atoms with Gasteiger partial charge in [-0.25, -0.2) is 4.57 Å². The number of benzene rings is 1. The number of ether oxygens (including phenoxy) is 2. The number of hydrogen-bond donors (Lipinski definition) is 1. The summed E-state index contributed by atoms with van der Waals surface area (Å²) in [5.41, 5.74) is 0.749. The molecule has 4 atom stereocenters. The highest BCUT2D eigenvalue weighted by atomic mass is 31.2. The van der Waals surface area contributed by atoms with Crippen LogP contribution in [-0.2, 0) is 23.1 Å². The van der Waals surface area contributed by atoms with Crippen molar-refractivity contribution in [2.75, 3.05) is 20.8 Å². The predicted molar refractivity (Wildman–Crippen MR) is 90.7 cm³/mol. The first kappa shape index (κ1) is 19.0. The van der Waals surface area contributed by atoms with E-state index in [9.17, 15) is 19.6 Å². The summed E-state index contributed by atoms with van der Waals surface area (Å²) in [6.07, 6.45) is 0.307. The van der Waals surface area contributed by atoms with Gasteiger partial charge in [-0.05, 0) is 12.1 Å². The van der Waals surface area contributed by atoms with Gasteiger partial charge in [-0.3, -0.25) is 19.2 Å². The Morgan fingerprint density at radius 2 is 2.19 bits per heavy atom. The van der Waals surface area contributed by atoms with Crippen LogP contribution < -0.4 is 0 Å². The van der Waals surface area contributed by atoms with E-state index >= 15 is 0 Å². The van der Waals surface area contributed by atoms with Gasteiger partial charge >= 0.3 is 7.82 Å². The molecule has 2 aromatic rings. The van der Waals surface area contributed by atoms with E-state index < -0.39 is 31.2 Å². The minimum absolute atomic E-state index is 0.00220. The lowest BCUT2D eigenvalue weighted by Crippen LogP contribution is -2.28. The van der Waals surface area contributed by atoms with Gasteiger partial charge in [0, 0.05) is 44.4 Å². The molecule has 0 radical (unpaired) electrons. The minimum atomic E-state index is -4.17. The van der Waals surface area contributed by atoms with Gasteiger partial charge in [0.05, 0.1) is 17.0 Å². The summed E-state index contributed by atoms with van der Waals surface area (Å²) >= 11 is 0. The van der Waals surface area contributed by atoms with Crippen LogP contribution in [0, 0.1) is 10.1 Å². The largest absolute Gasteiger partial charge is 0.472 e. The Bertz CT molecular complexity index is 853. The number of hydrogen-bond acceptors (Lipinski definition) is 7. The van der Waals surface area contributed by atoms with Gasteiger partial charge in [0.2, 0.25) is 0 Å². The summed E-state index contributed by atoms with van der Waals surface area (Å²) in [5, 5.41) is 11.6. The second-order valence-electron chi connectivity index (χ2n) is 5.84. The smallest absolute Gasteiger partial charge is 0.382 e. The minimum Gasteiger partial charge on any atom is -0.382 e. The molecule has 0 amide bonds. The van der Waals surface area contributed by atoms with Crippen molar-refractivity contribution in [1.82, 2.24) is 4.57 Å². The van der Waals surface area contributed by atoms with Crippen molar-refractivity contribution in [3.05, 3.63) is 40.6 Å². The van der Waals surface area contributed by atoms with Crippen molar-refractivity contribution in [1.29, 1.82) is 0 Å². The first-order valence-electron chi connectivity index (χ1n) is 7.81. The van der Waals surface area contributed by atoms with E-state index in [4.69, 9.17) is 14.0 Å². The molecule has 0 spiro atoms. The van der Waals surface area contributed by atoms with Gasteiger partial charge in [-0.15, -0.1) is 0 Å². The van der Waals surface area contributed by atoms with Gasteiger partial charge in [0.15, 0.2) is 0 Å². The number of methoxy groups -OCH3 is 1. The average molecular weight is 386 g/mol.